The topological polar surface area (TPSA) is 77.8 Å². The fraction of sp³-hybridized carbons (Fsp3) is 0.360. The molecule has 2 N–H and O–H groups in total. The van der Waals surface area contributed by atoms with Gasteiger partial charge in [0, 0.05) is 43.8 Å². The van der Waals surface area contributed by atoms with Crippen molar-refractivity contribution in [3.05, 3.63) is 64.2 Å². The Bertz CT molecular complexity index is 1250. The summed E-state index contributed by atoms with van der Waals surface area (Å²) < 4.78 is 16.3. The number of benzene rings is 2. The average molecular weight is 489 g/mol. The first-order valence-electron chi connectivity index (χ1n) is 11.1. The molecule has 1 saturated heterocycles. The summed E-state index contributed by atoms with van der Waals surface area (Å²) in [5.41, 5.74) is 0.337. The third kappa shape index (κ3) is 5.03. The first kappa shape index (κ1) is 25.5. The average Bonchev–Trinajstić information content (AvgIpc) is 2.77. The second-order valence-electron chi connectivity index (χ2n) is 8.96. The van der Waals surface area contributed by atoms with Crippen LogP contribution in [0.15, 0.2) is 47.3 Å². The summed E-state index contributed by atoms with van der Waals surface area (Å²) in [6, 6.07) is 11.4. The van der Waals surface area contributed by atoms with E-state index in [0.717, 1.165) is 26.2 Å². The molecule has 7 nitrogen and oxygen atoms in total. The number of para-hydroxylation sites is 1. The lowest BCUT2D eigenvalue weighted by molar-refractivity contribution is 0.102. The molecule has 2 aromatic carbocycles. The maximum Gasteiger partial charge on any atom is 0.267 e. The minimum absolute atomic E-state index is 0. The van der Waals surface area contributed by atoms with Gasteiger partial charge in [0.05, 0.1) is 11.2 Å². The number of amides is 1. The number of likely N-dealkylation sites (N-methyl/N-ethyl adjacent to an activating group) is 1. The van der Waals surface area contributed by atoms with Crippen LogP contribution in [-0.2, 0) is 6.54 Å². The number of hydrogen-bond donors (Lipinski definition) is 2. The van der Waals surface area contributed by atoms with Gasteiger partial charge in [0.25, 0.3) is 11.5 Å². The Morgan fingerprint density at radius 1 is 1.12 bits per heavy atom. The largest absolute Gasteiger partial charge is 0.506 e. The van der Waals surface area contributed by atoms with E-state index in [-0.39, 0.29) is 35.3 Å². The van der Waals surface area contributed by atoms with Crippen molar-refractivity contribution in [3.8, 4) is 5.75 Å². The van der Waals surface area contributed by atoms with Crippen molar-refractivity contribution < 1.29 is 14.3 Å². The highest BCUT2D eigenvalue weighted by atomic mass is 35.5. The van der Waals surface area contributed by atoms with Crippen molar-refractivity contribution in [1.29, 1.82) is 0 Å². The van der Waals surface area contributed by atoms with Crippen molar-refractivity contribution in [2.45, 2.75) is 20.4 Å². The van der Waals surface area contributed by atoms with Crippen LogP contribution in [0.1, 0.15) is 24.2 Å². The van der Waals surface area contributed by atoms with Gasteiger partial charge in [0.2, 0.25) is 0 Å². The van der Waals surface area contributed by atoms with Gasteiger partial charge >= 0.3 is 0 Å². The molecule has 9 heteroatoms. The number of aromatic hydroxyl groups is 1. The zero-order chi connectivity index (χ0) is 23.7. The SMILES string of the molecule is CC(C)Cn1c(=O)c(C(=O)Nc2ccc(N3CCN(C)CC3)c(F)c2)c(O)c2ccccc21.Cl. The second-order valence-corrected chi connectivity index (χ2v) is 8.96. The predicted octanol–water partition coefficient (Wildman–Crippen LogP) is 3.93. The lowest BCUT2D eigenvalue weighted by Gasteiger charge is -2.34. The first-order chi connectivity index (χ1) is 15.8. The van der Waals surface area contributed by atoms with E-state index < -0.39 is 17.3 Å². The number of nitrogens with zero attached hydrogens (tertiary/aromatic N) is 3. The number of pyridine rings is 1. The third-order valence-corrected chi connectivity index (χ3v) is 5.97. The second kappa shape index (κ2) is 10.4. The van der Waals surface area contributed by atoms with Gasteiger partial charge in [-0.25, -0.2) is 4.39 Å². The Balaban J connectivity index is 0.00000324. The van der Waals surface area contributed by atoms with Crippen LogP contribution in [0.25, 0.3) is 10.9 Å². The zero-order valence-electron chi connectivity index (χ0n) is 19.5. The van der Waals surface area contributed by atoms with E-state index in [9.17, 15) is 19.1 Å². The summed E-state index contributed by atoms with van der Waals surface area (Å²) in [6.07, 6.45) is 0. The molecule has 182 valence electrons. The van der Waals surface area contributed by atoms with Gasteiger partial charge in [0.1, 0.15) is 17.1 Å². The van der Waals surface area contributed by atoms with Crippen LogP contribution in [0.2, 0.25) is 0 Å². The van der Waals surface area contributed by atoms with E-state index in [1.807, 2.05) is 25.8 Å². The number of carbonyl (C=O) groups excluding carboxylic acids is 1. The Labute approximate surface area is 204 Å². The molecule has 0 saturated carbocycles. The molecule has 4 rings (SSSR count). The number of rotatable bonds is 5. The molecule has 3 aromatic rings. The van der Waals surface area contributed by atoms with Gasteiger partial charge in [-0.3, -0.25) is 9.59 Å². The van der Waals surface area contributed by atoms with Crippen molar-refractivity contribution in [2.75, 3.05) is 43.4 Å². The van der Waals surface area contributed by atoms with Crippen LogP contribution >= 0.6 is 12.4 Å². The van der Waals surface area contributed by atoms with Crippen LogP contribution in [0.3, 0.4) is 0 Å². The van der Waals surface area contributed by atoms with Crippen molar-refractivity contribution in [2.24, 2.45) is 5.92 Å². The third-order valence-electron chi connectivity index (χ3n) is 5.97. The Kier molecular flexibility index (Phi) is 7.84. The molecule has 0 radical (unpaired) electrons. The summed E-state index contributed by atoms with van der Waals surface area (Å²) in [7, 11) is 2.03. The fourth-order valence-electron chi connectivity index (χ4n) is 4.22. The maximum absolute atomic E-state index is 14.8. The Morgan fingerprint density at radius 2 is 1.79 bits per heavy atom. The van der Waals surface area contributed by atoms with Crippen molar-refractivity contribution >= 4 is 40.6 Å². The lowest BCUT2D eigenvalue weighted by atomic mass is 10.1. The predicted molar refractivity (Wildman–Crippen MR) is 136 cm³/mol. The van der Waals surface area contributed by atoms with Crippen molar-refractivity contribution in [3.63, 3.8) is 0 Å². The van der Waals surface area contributed by atoms with E-state index >= 15 is 0 Å². The van der Waals surface area contributed by atoms with E-state index in [2.05, 4.69) is 10.2 Å². The monoisotopic (exact) mass is 488 g/mol. The Morgan fingerprint density at radius 3 is 2.44 bits per heavy atom. The molecule has 1 amide bonds. The van der Waals surface area contributed by atoms with Crippen LogP contribution < -0.4 is 15.8 Å². The molecule has 0 aliphatic carbocycles. The van der Waals surface area contributed by atoms with Gasteiger partial charge in [-0.2, -0.15) is 0 Å². The Hall–Kier alpha value is -3.10. The standard InChI is InChI=1S/C25H29FN4O3.ClH/c1-16(2)15-30-20-7-5-4-6-18(20)23(31)22(25(30)33)24(32)27-17-8-9-21(19(26)14-17)29-12-10-28(3)11-13-29;/h4-9,14,16,31H,10-13,15H2,1-3H3,(H,27,32);1H. The normalized spacial score (nSPS) is 14.3. The molecule has 0 spiro atoms. The molecule has 0 unspecified atom stereocenters. The van der Waals surface area contributed by atoms with Crippen LogP contribution in [-0.4, -0.2) is 53.7 Å². The van der Waals surface area contributed by atoms with Crippen LogP contribution in [0.4, 0.5) is 15.8 Å². The molecule has 1 aliphatic heterocycles. The number of hydrogen-bond acceptors (Lipinski definition) is 5. The number of nitrogens with one attached hydrogen (secondary N) is 1. The van der Waals surface area contributed by atoms with Crippen molar-refractivity contribution in [1.82, 2.24) is 9.47 Å². The van der Waals surface area contributed by atoms with Crippen LogP contribution in [0, 0.1) is 11.7 Å². The maximum atomic E-state index is 14.8. The summed E-state index contributed by atoms with van der Waals surface area (Å²) >= 11 is 0. The number of anilines is 2. The molecule has 1 aliphatic rings. The molecular formula is C25H30ClFN4O3. The highest BCUT2D eigenvalue weighted by Crippen LogP contribution is 2.28. The fourth-order valence-corrected chi connectivity index (χ4v) is 4.22. The summed E-state index contributed by atoms with van der Waals surface area (Å²) in [6.45, 7) is 7.48. The van der Waals surface area contributed by atoms with E-state index in [1.165, 1.54) is 10.6 Å². The quantitative estimate of drug-likeness (QED) is 0.569. The molecule has 0 atom stereocenters. The highest BCUT2D eigenvalue weighted by Gasteiger charge is 2.23. The number of halogens is 2. The van der Waals surface area contributed by atoms with Gasteiger partial charge in [-0.1, -0.05) is 26.0 Å². The minimum atomic E-state index is -0.771. The van der Waals surface area contributed by atoms with Gasteiger partial charge in [0.15, 0.2) is 0 Å². The summed E-state index contributed by atoms with van der Waals surface area (Å²) in [5.74, 6) is -1.43. The van der Waals surface area contributed by atoms with E-state index in [4.69, 9.17) is 0 Å². The zero-order valence-corrected chi connectivity index (χ0v) is 20.4. The molecule has 1 aromatic heterocycles. The van der Waals surface area contributed by atoms with Gasteiger partial charge in [-0.15, -0.1) is 12.4 Å². The highest BCUT2D eigenvalue weighted by molar-refractivity contribution is 6.09. The van der Waals surface area contributed by atoms with Gasteiger partial charge in [-0.05, 0) is 43.3 Å². The molecular weight excluding hydrogens is 459 g/mol. The number of piperazine rings is 1. The first-order valence-corrected chi connectivity index (χ1v) is 11.1. The molecule has 34 heavy (non-hydrogen) atoms. The number of fused-ring (bicyclic) bond motifs is 1. The molecule has 0 bridgehead atoms. The molecule has 2 heterocycles. The summed E-state index contributed by atoms with van der Waals surface area (Å²) in [5, 5.41) is 13.8. The summed E-state index contributed by atoms with van der Waals surface area (Å²) in [4.78, 5) is 30.4. The van der Waals surface area contributed by atoms with E-state index in [0.29, 0.717) is 23.1 Å². The smallest absolute Gasteiger partial charge is 0.267 e. The van der Waals surface area contributed by atoms with E-state index in [1.54, 1.807) is 36.4 Å². The van der Waals surface area contributed by atoms with Gasteiger partial charge < -0.3 is 24.8 Å². The number of carbonyl (C=O) groups is 1. The van der Waals surface area contributed by atoms with Crippen LogP contribution in [0.5, 0.6) is 5.75 Å². The lowest BCUT2D eigenvalue weighted by Crippen LogP contribution is -2.44. The minimum Gasteiger partial charge on any atom is -0.506 e. The number of aromatic nitrogens is 1. The molecule has 1 fully saturated rings.